The second kappa shape index (κ2) is 8.93. The molecule has 128 valence electrons. The van der Waals surface area contributed by atoms with Crippen molar-refractivity contribution in [3.05, 3.63) is 60.2 Å². The minimum absolute atomic E-state index is 0.271. The molecule has 5 heteroatoms. The first kappa shape index (κ1) is 17.8. The Kier molecular flexibility index (Phi) is 6.63. The summed E-state index contributed by atoms with van der Waals surface area (Å²) >= 11 is 0. The molecule has 2 amide bonds. The van der Waals surface area contributed by atoms with Gasteiger partial charge >= 0.3 is 6.03 Å². The van der Waals surface area contributed by atoms with E-state index in [1.807, 2.05) is 61.6 Å². The van der Waals surface area contributed by atoms with Crippen LogP contribution in [0.15, 0.2) is 54.6 Å². The number of anilines is 2. The van der Waals surface area contributed by atoms with Crippen LogP contribution in [0.25, 0.3) is 0 Å². The van der Waals surface area contributed by atoms with Crippen molar-refractivity contribution in [2.24, 2.45) is 0 Å². The molecule has 1 unspecified atom stereocenters. The minimum atomic E-state index is -0.579. The highest BCUT2D eigenvalue weighted by molar-refractivity contribution is 5.93. The van der Waals surface area contributed by atoms with Crippen LogP contribution in [0.4, 0.5) is 16.2 Å². The van der Waals surface area contributed by atoms with Gasteiger partial charge in [-0.15, -0.1) is 0 Å². The molecule has 0 aromatic heterocycles. The second-order valence-corrected chi connectivity index (χ2v) is 5.63. The Bertz CT molecular complexity index is 646. The average Bonchev–Trinajstić information content (AvgIpc) is 2.62. The average molecular weight is 327 g/mol. The number of nitrogens with one attached hydrogen (secondary N) is 2. The molecule has 2 rings (SSSR count). The number of hydrogen-bond acceptors (Lipinski definition) is 3. The summed E-state index contributed by atoms with van der Waals surface area (Å²) in [6, 6.07) is 16.9. The Morgan fingerprint density at radius 3 is 2.50 bits per heavy atom. The third-order valence-electron chi connectivity index (χ3n) is 3.93. The standard InChI is InChI=1S/C19H25N3O2/c1-3-22(2)17-12-8-7-11-16(17)21-19(24)20-14-13-18(23)15-9-5-4-6-10-15/h4-12,18,23H,3,13-14H2,1-2H3,(H2,20,21,24). The Labute approximate surface area is 143 Å². The maximum Gasteiger partial charge on any atom is 0.319 e. The molecule has 0 spiro atoms. The fourth-order valence-corrected chi connectivity index (χ4v) is 2.41. The van der Waals surface area contributed by atoms with Gasteiger partial charge in [0.2, 0.25) is 0 Å². The van der Waals surface area contributed by atoms with Crippen LogP contribution in [0.1, 0.15) is 25.0 Å². The lowest BCUT2D eigenvalue weighted by molar-refractivity contribution is 0.167. The van der Waals surface area contributed by atoms with Crippen LogP contribution >= 0.6 is 0 Å². The first-order valence-corrected chi connectivity index (χ1v) is 8.19. The van der Waals surface area contributed by atoms with Gasteiger partial charge in [-0.05, 0) is 31.0 Å². The summed E-state index contributed by atoms with van der Waals surface area (Å²) in [5.41, 5.74) is 2.59. The highest BCUT2D eigenvalue weighted by atomic mass is 16.3. The summed E-state index contributed by atoms with van der Waals surface area (Å²) < 4.78 is 0. The summed E-state index contributed by atoms with van der Waals surface area (Å²) in [6.07, 6.45) is -0.112. The molecular weight excluding hydrogens is 302 g/mol. The molecule has 2 aromatic rings. The number of rotatable bonds is 7. The smallest absolute Gasteiger partial charge is 0.319 e. The maximum absolute atomic E-state index is 12.1. The molecule has 3 N–H and O–H groups in total. The van der Waals surface area contributed by atoms with Crippen molar-refractivity contribution in [3.8, 4) is 0 Å². The minimum Gasteiger partial charge on any atom is -0.388 e. The lowest BCUT2D eigenvalue weighted by atomic mass is 10.1. The van der Waals surface area contributed by atoms with Gasteiger partial charge < -0.3 is 20.6 Å². The molecule has 0 saturated carbocycles. The molecule has 2 aromatic carbocycles. The topological polar surface area (TPSA) is 64.6 Å². The van der Waals surface area contributed by atoms with Crippen LogP contribution in [0.3, 0.4) is 0 Å². The van der Waals surface area contributed by atoms with E-state index in [4.69, 9.17) is 0 Å². The summed E-state index contributed by atoms with van der Waals surface area (Å²) in [7, 11) is 1.98. The van der Waals surface area contributed by atoms with Crippen molar-refractivity contribution in [3.63, 3.8) is 0 Å². The Balaban J connectivity index is 1.84. The van der Waals surface area contributed by atoms with Gasteiger partial charge in [-0.25, -0.2) is 4.79 Å². The van der Waals surface area contributed by atoms with Crippen LogP contribution < -0.4 is 15.5 Å². The highest BCUT2D eigenvalue weighted by Gasteiger charge is 2.10. The summed E-state index contributed by atoms with van der Waals surface area (Å²) in [4.78, 5) is 14.1. The van der Waals surface area contributed by atoms with Gasteiger partial charge in [0.1, 0.15) is 0 Å². The van der Waals surface area contributed by atoms with E-state index in [2.05, 4.69) is 22.5 Å². The van der Waals surface area contributed by atoms with Crippen LogP contribution in [-0.2, 0) is 0 Å². The molecule has 0 saturated heterocycles. The van der Waals surface area contributed by atoms with Gasteiger partial charge in [-0.2, -0.15) is 0 Å². The third kappa shape index (κ3) is 4.99. The number of para-hydroxylation sites is 2. The molecule has 5 nitrogen and oxygen atoms in total. The van der Waals surface area contributed by atoms with E-state index < -0.39 is 6.10 Å². The largest absolute Gasteiger partial charge is 0.388 e. The van der Waals surface area contributed by atoms with Gasteiger partial charge in [0.25, 0.3) is 0 Å². The van der Waals surface area contributed by atoms with Crippen molar-refractivity contribution < 1.29 is 9.90 Å². The van der Waals surface area contributed by atoms with Crippen molar-refractivity contribution in [1.82, 2.24) is 5.32 Å². The van der Waals surface area contributed by atoms with E-state index in [0.717, 1.165) is 23.5 Å². The van der Waals surface area contributed by atoms with Gasteiger partial charge in [0.15, 0.2) is 0 Å². The molecule has 0 bridgehead atoms. The molecular formula is C19H25N3O2. The van der Waals surface area contributed by atoms with Crippen LogP contribution in [0.2, 0.25) is 0 Å². The maximum atomic E-state index is 12.1. The molecule has 0 aliphatic heterocycles. The molecule has 1 atom stereocenters. The number of hydrogen-bond donors (Lipinski definition) is 3. The Hall–Kier alpha value is -2.53. The quantitative estimate of drug-likeness (QED) is 0.730. The number of carbonyl (C=O) groups is 1. The number of aliphatic hydroxyl groups excluding tert-OH is 1. The van der Waals surface area contributed by atoms with Gasteiger partial charge in [0, 0.05) is 20.1 Å². The van der Waals surface area contributed by atoms with Crippen LogP contribution in [0.5, 0.6) is 0 Å². The Morgan fingerprint density at radius 1 is 1.12 bits per heavy atom. The van der Waals surface area contributed by atoms with E-state index in [1.165, 1.54) is 0 Å². The molecule has 0 aliphatic carbocycles. The normalized spacial score (nSPS) is 11.6. The van der Waals surface area contributed by atoms with E-state index in [1.54, 1.807) is 0 Å². The second-order valence-electron chi connectivity index (χ2n) is 5.63. The van der Waals surface area contributed by atoms with Gasteiger partial charge in [0.05, 0.1) is 17.5 Å². The molecule has 0 radical (unpaired) electrons. The summed E-state index contributed by atoms with van der Waals surface area (Å²) in [6.45, 7) is 3.30. The molecule has 0 heterocycles. The predicted octanol–water partition coefficient (Wildman–Crippen LogP) is 3.39. The molecule has 0 aliphatic rings. The Morgan fingerprint density at radius 2 is 1.79 bits per heavy atom. The van der Waals surface area contributed by atoms with E-state index >= 15 is 0 Å². The van der Waals surface area contributed by atoms with Gasteiger partial charge in [-0.3, -0.25) is 0 Å². The lowest BCUT2D eigenvalue weighted by Crippen LogP contribution is -2.31. The molecule has 0 fully saturated rings. The SMILES string of the molecule is CCN(C)c1ccccc1NC(=O)NCCC(O)c1ccccc1. The molecule has 24 heavy (non-hydrogen) atoms. The summed E-state index contributed by atoms with van der Waals surface area (Å²) in [5, 5.41) is 15.7. The zero-order chi connectivity index (χ0) is 17.4. The lowest BCUT2D eigenvalue weighted by Gasteiger charge is -2.21. The zero-order valence-electron chi connectivity index (χ0n) is 14.2. The number of nitrogens with zero attached hydrogens (tertiary/aromatic N) is 1. The van der Waals surface area contributed by atoms with E-state index in [9.17, 15) is 9.90 Å². The van der Waals surface area contributed by atoms with Crippen molar-refractivity contribution in [2.45, 2.75) is 19.4 Å². The highest BCUT2D eigenvalue weighted by Crippen LogP contribution is 2.24. The van der Waals surface area contributed by atoms with Crippen LogP contribution in [-0.4, -0.2) is 31.3 Å². The number of carbonyl (C=O) groups excluding carboxylic acids is 1. The number of urea groups is 1. The monoisotopic (exact) mass is 327 g/mol. The first-order chi connectivity index (χ1) is 11.6. The fraction of sp³-hybridized carbons (Fsp3) is 0.316. The van der Waals surface area contributed by atoms with Crippen molar-refractivity contribution >= 4 is 17.4 Å². The van der Waals surface area contributed by atoms with Crippen LogP contribution in [0, 0.1) is 0 Å². The predicted molar refractivity (Wildman–Crippen MR) is 98.4 cm³/mol. The number of amides is 2. The first-order valence-electron chi connectivity index (χ1n) is 8.19. The zero-order valence-corrected chi connectivity index (χ0v) is 14.2. The summed E-state index contributed by atoms with van der Waals surface area (Å²) in [5.74, 6) is 0. The van der Waals surface area contributed by atoms with Crippen molar-refractivity contribution in [1.29, 1.82) is 0 Å². The van der Waals surface area contributed by atoms with Crippen molar-refractivity contribution in [2.75, 3.05) is 30.4 Å². The number of benzene rings is 2. The van der Waals surface area contributed by atoms with E-state index in [-0.39, 0.29) is 6.03 Å². The van der Waals surface area contributed by atoms with Gasteiger partial charge in [-0.1, -0.05) is 42.5 Å². The fourth-order valence-electron chi connectivity index (χ4n) is 2.41. The van der Waals surface area contributed by atoms with E-state index in [0.29, 0.717) is 13.0 Å². The number of aliphatic hydroxyl groups is 1. The third-order valence-corrected chi connectivity index (χ3v) is 3.93.